The molecule has 1 saturated carbocycles. The van der Waals surface area contributed by atoms with E-state index in [4.69, 9.17) is 9.47 Å². The number of anilines is 1. The van der Waals surface area contributed by atoms with Gasteiger partial charge in [-0.2, -0.15) is 0 Å². The van der Waals surface area contributed by atoms with Gasteiger partial charge in [-0.1, -0.05) is 0 Å². The lowest BCUT2D eigenvalue weighted by Crippen LogP contribution is -2.36. The first-order valence-electron chi connectivity index (χ1n) is 7.15. The second-order valence-corrected chi connectivity index (χ2v) is 5.39. The highest BCUT2D eigenvalue weighted by Gasteiger charge is 2.25. The molecule has 0 bridgehead atoms. The van der Waals surface area contributed by atoms with Crippen LogP contribution in [0.25, 0.3) is 0 Å². The lowest BCUT2D eigenvalue weighted by Gasteiger charge is -2.35. The van der Waals surface area contributed by atoms with Gasteiger partial charge in [-0.15, -0.1) is 0 Å². The maximum atomic E-state index is 10.9. The molecule has 0 heterocycles. The van der Waals surface area contributed by atoms with Crippen molar-refractivity contribution >= 4 is 11.4 Å². The highest BCUT2D eigenvalue weighted by Crippen LogP contribution is 2.34. The summed E-state index contributed by atoms with van der Waals surface area (Å²) in [6, 6.07) is 5.46. The predicted octanol–water partition coefficient (Wildman–Crippen LogP) is 3.00. The summed E-state index contributed by atoms with van der Waals surface area (Å²) in [6.07, 6.45) is 4.59. The van der Waals surface area contributed by atoms with E-state index < -0.39 is 4.92 Å². The zero-order valence-corrected chi connectivity index (χ0v) is 12.7. The van der Waals surface area contributed by atoms with Crippen molar-refractivity contribution in [1.82, 2.24) is 0 Å². The van der Waals surface area contributed by atoms with Crippen LogP contribution in [0.1, 0.15) is 25.7 Å². The minimum Gasteiger partial charge on any atom is -0.490 e. The fraction of sp³-hybridized carbons (Fsp3) is 0.600. The third-order valence-electron chi connectivity index (χ3n) is 4.29. The Labute approximate surface area is 124 Å². The molecular weight excluding hydrogens is 272 g/mol. The zero-order chi connectivity index (χ0) is 15.4. The van der Waals surface area contributed by atoms with Gasteiger partial charge in [-0.25, -0.2) is 0 Å². The largest absolute Gasteiger partial charge is 0.490 e. The number of benzene rings is 1. The smallest absolute Gasteiger partial charge is 0.311 e. The first kappa shape index (κ1) is 15.6. The Balaban J connectivity index is 2.12. The predicted molar refractivity (Wildman–Crippen MR) is 81.1 cm³/mol. The molecule has 1 aromatic carbocycles. The maximum absolute atomic E-state index is 10.9. The molecule has 0 atom stereocenters. The molecular formula is C15H22N2O4. The van der Waals surface area contributed by atoms with Gasteiger partial charge in [-0.05, 0) is 31.7 Å². The van der Waals surface area contributed by atoms with Crippen molar-refractivity contribution in [2.75, 3.05) is 26.2 Å². The van der Waals surface area contributed by atoms with Crippen LogP contribution in [0.3, 0.4) is 0 Å². The van der Waals surface area contributed by atoms with E-state index in [1.165, 1.54) is 13.2 Å². The van der Waals surface area contributed by atoms with Gasteiger partial charge in [-0.3, -0.25) is 10.1 Å². The van der Waals surface area contributed by atoms with Gasteiger partial charge in [0.1, 0.15) is 0 Å². The van der Waals surface area contributed by atoms with Gasteiger partial charge in [0.25, 0.3) is 0 Å². The molecule has 0 N–H and O–H groups in total. The number of nitro groups is 1. The van der Waals surface area contributed by atoms with Crippen molar-refractivity contribution in [3.05, 3.63) is 28.3 Å². The van der Waals surface area contributed by atoms with Crippen molar-refractivity contribution < 1.29 is 14.4 Å². The molecule has 0 unspecified atom stereocenters. The third kappa shape index (κ3) is 3.44. The summed E-state index contributed by atoms with van der Waals surface area (Å²) in [4.78, 5) is 12.7. The molecule has 0 aromatic heterocycles. The van der Waals surface area contributed by atoms with Crippen LogP contribution in [0.4, 0.5) is 11.4 Å². The lowest BCUT2D eigenvalue weighted by molar-refractivity contribution is -0.385. The van der Waals surface area contributed by atoms with Crippen LogP contribution in [0.5, 0.6) is 5.75 Å². The van der Waals surface area contributed by atoms with Gasteiger partial charge in [0.05, 0.1) is 18.1 Å². The summed E-state index contributed by atoms with van der Waals surface area (Å²) in [5.74, 6) is 0.301. The molecule has 2 rings (SSSR count). The average Bonchev–Trinajstić information content (AvgIpc) is 2.53. The Morgan fingerprint density at radius 1 is 1.24 bits per heavy atom. The first-order chi connectivity index (χ1) is 10.1. The van der Waals surface area contributed by atoms with Crippen molar-refractivity contribution in [3.8, 4) is 5.75 Å². The molecule has 1 aromatic rings. The Kier molecular flexibility index (Phi) is 5.01. The molecule has 6 nitrogen and oxygen atoms in total. The number of methoxy groups -OCH3 is 2. The summed E-state index contributed by atoms with van der Waals surface area (Å²) >= 11 is 0. The number of nitrogens with zero attached hydrogens (tertiary/aromatic N) is 2. The van der Waals surface area contributed by atoms with Gasteiger partial charge < -0.3 is 14.4 Å². The van der Waals surface area contributed by atoms with Crippen LogP contribution in [-0.4, -0.2) is 38.3 Å². The number of rotatable bonds is 5. The Bertz CT molecular complexity index is 498. The van der Waals surface area contributed by atoms with E-state index in [-0.39, 0.29) is 5.69 Å². The number of hydrogen-bond donors (Lipinski definition) is 0. The Morgan fingerprint density at radius 3 is 2.43 bits per heavy atom. The van der Waals surface area contributed by atoms with Crippen LogP contribution in [0, 0.1) is 10.1 Å². The van der Waals surface area contributed by atoms with Gasteiger partial charge >= 0.3 is 5.69 Å². The number of nitro benzene ring substituents is 1. The van der Waals surface area contributed by atoms with Crippen LogP contribution in [0.15, 0.2) is 18.2 Å². The molecule has 0 spiro atoms. The fourth-order valence-corrected chi connectivity index (χ4v) is 2.92. The van der Waals surface area contributed by atoms with E-state index in [1.54, 1.807) is 19.2 Å². The Morgan fingerprint density at radius 2 is 1.90 bits per heavy atom. The van der Waals surface area contributed by atoms with Gasteiger partial charge in [0, 0.05) is 38.0 Å². The van der Waals surface area contributed by atoms with Crippen molar-refractivity contribution in [2.24, 2.45) is 0 Å². The monoisotopic (exact) mass is 294 g/mol. The highest BCUT2D eigenvalue weighted by atomic mass is 16.6. The standard InChI is InChI=1S/C15H22N2O4/c1-16(11-4-7-13(20-2)8-5-11)12-6-9-14(17(18)19)15(10-12)21-3/h6,9-11,13H,4-5,7-8H2,1-3H3. The molecule has 21 heavy (non-hydrogen) atoms. The third-order valence-corrected chi connectivity index (χ3v) is 4.29. The quantitative estimate of drug-likeness (QED) is 0.617. The minimum absolute atomic E-state index is 0.00209. The topological polar surface area (TPSA) is 64.8 Å². The maximum Gasteiger partial charge on any atom is 0.311 e. The van der Waals surface area contributed by atoms with E-state index in [9.17, 15) is 10.1 Å². The molecule has 6 heteroatoms. The highest BCUT2D eigenvalue weighted by molar-refractivity contribution is 5.59. The fourth-order valence-electron chi connectivity index (χ4n) is 2.92. The van der Waals surface area contributed by atoms with E-state index in [0.717, 1.165) is 31.4 Å². The average molecular weight is 294 g/mol. The molecule has 116 valence electrons. The summed E-state index contributed by atoms with van der Waals surface area (Å²) in [7, 11) is 5.24. The molecule has 0 radical (unpaired) electrons. The second-order valence-electron chi connectivity index (χ2n) is 5.39. The summed E-state index contributed by atoms with van der Waals surface area (Å²) in [6.45, 7) is 0. The van der Waals surface area contributed by atoms with Gasteiger partial charge in [0.15, 0.2) is 5.75 Å². The van der Waals surface area contributed by atoms with E-state index in [0.29, 0.717) is 17.9 Å². The van der Waals surface area contributed by atoms with E-state index >= 15 is 0 Å². The molecule has 0 aliphatic heterocycles. The van der Waals surface area contributed by atoms with Gasteiger partial charge in [0.2, 0.25) is 0 Å². The first-order valence-corrected chi connectivity index (χ1v) is 7.15. The van der Waals surface area contributed by atoms with E-state index in [2.05, 4.69) is 4.90 Å². The zero-order valence-electron chi connectivity index (χ0n) is 12.7. The molecule has 1 fully saturated rings. The molecule has 1 aliphatic carbocycles. The Hall–Kier alpha value is -1.82. The summed E-state index contributed by atoms with van der Waals surface area (Å²) in [5.41, 5.74) is 0.941. The number of hydrogen-bond acceptors (Lipinski definition) is 5. The van der Waals surface area contributed by atoms with E-state index in [1.807, 2.05) is 7.05 Å². The van der Waals surface area contributed by atoms with Crippen LogP contribution in [0.2, 0.25) is 0 Å². The molecule has 1 aliphatic rings. The van der Waals surface area contributed by atoms with Crippen molar-refractivity contribution in [3.63, 3.8) is 0 Å². The molecule has 0 amide bonds. The molecule has 0 saturated heterocycles. The van der Waals surface area contributed by atoms with Crippen molar-refractivity contribution in [2.45, 2.75) is 37.8 Å². The van der Waals surface area contributed by atoms with Crippen LogP contribution in [-0.2, 0) is 4.74 Å². The summed E-state index contributed by atoms with van der Waals surface area (Å²) < 4.78 is 10.5. The van der Waals surface area contributed by atoms with Crippen LogP contribution >= 0.6 is 0 Å². The SMILES string of the molecule is COc1cc(N(C)C2CCC(OC)CC2)ccc1[N+](=O)[O-]. The second kappa shape index (κ2) is 6.76. The lowest BCUT2D eigenvalue weighted by atomic mass is 9.92. The normalized spacial score (nSPS) is 21.9. The van der Waals surface area contributed by atoms with Crippen molar-refractivity contribution in [1.29, 1.82) is 0 Å². The number of ether oxygens (including phenoxy) is 2. The summed E-state index contributed by atoms with van der Waals surface area (Å²) in [5, 5.41) is 10.9. The minimum atomic E-state index is -0.424. The van der Waals surface area contributed by atoms with Crippen LogP contribution < -0.4 is 9.64 Å².